The molecule has 2 aromatic heterocycles. The summed E-state index contributed by atoms with van der Waals surface area (Å²) in [6, 6.07) is 6.42. The average molecular weight is 318 g/mol. The summed E-state index contributed by atoms with van der Waals surface area (Å²) in [5.74, 6) is 0.752. The van der Waals surface area contributed by atoms with E-state index in [1.807, 2.05) is 19.0 Å². The fraction of sp³-hybridized carbons (Fsp3) is 0.182. The summed E-state index contributed by atoms with van der Waals surface area (Å²) in [5.41, 5.74) is 0.412. The van der Waals surface area contributed by atoms with Crippen molar-refractivity contribution in [3.63, 3.8) is 0 Å². The molecule has 0 unspecified atom stereocenters. The molecule has 0 aliphatic heterocycles. The van der Waals surface area contributed by atoms with Crippen LogP contribution in [0.4, 0.5) is 11.5 Å². The number of pyridine rings is 1. The monoisotopic (exact) mass is 317 g/mol. The third-order valence-electron chi connectivity index (χ3n) is 2.27. The molecule has 0 bridgehead atoms. The second-order valence-electron chi connectivity index (χ2n) is 3.96. The van der Waals surface area contributed by atoms with Crippen molar-refractivity contribution in [1.29, 1.82) is 0 Å². The third-order valence-corrected chi connectivity index (χ3v) is 5.38. The molecule has 0 saturated heterocycles. The van der Waals surface area contributed by atoms with Gasteiger partial charge in [0.05, 0.1) is 16.2 Å². The molecule has 2 aromatic rings. The second kappa shape index (κ2) is 5.36. The van der Waals surface area contributed by atoms with Gasteiger partial charge in [-0.2, -0.15) is 0 Å². The highest BCUT2D eigenvalue weighted by molar-refractivity contribution is 7.94. The summed E-state index contributed by atoms with van der Waals surface area (Å²) >= 11 is 6.74. The van der Waals surface area contributed by atoms with Crippen LogP contribution in [-0.4, -0.2) is 27.5 Å². The number of hydrogen-bond acceptors (Lipinski definition) is 5. The van der Waals surface area contributed by atoms with Crippen LogP contribution < -0.4 is 9.62 Å². The predicted molar refractivity (Wildman–Crippen MR) is 78.7 cm³/mol. The molecule has 0 atom stereocenters. The topological polar surface area (TPSA) is 62.3 Å². The molecule has 19 heavy (non-hydrogen) atoms. The number of sulfonamides is 1. The van der Waals surface area contributed by atoms with Gasteiger partial charge >= 0.3 is 0 Å². The Morgan fingerprint density at radius 3 is 2.47 bits per heavy atom. The van der Waals surface area contributed by atoms with Crippen LogP contribution in [-0.2, 0) is 10.0 Å². The van der Waals surface area contributed by atoms with Gasteiger partial charge in [0.2, 0.25) is 0 Å². The van der Waals surface area contributed by atoms with E-state index in [4.69, 9.17) is 11.6 Å². The maximum absolute atomic E-state index is 12.0. The van der Waals surface area contributed by atoms with E-state index in [2.05, 4.69) is 9.71 Å². The van der Waals surface area contributed by atoms with E-state index in [1.54, 1.807) is 18.2 Å². The highest BCUT2D eigenvalue weighted by atomic mass is 35.5. The van der Waals surface area contributed by atoms with Crippen molar-refractivity contribution in [1.82, 2.24) is 4.98 Å². The Balaban J connectivity index is 2.21. The van der Waals surface area contributed by atoms with Gasteiger partial charge in [0.25, 0.3) is 10.0 Å². The van der Waals surface area contributed by atoms with Gasteiger partial charge in [-0.25, -0.2) is 13.4 Å². The summed E-state index contributed by atoms with van der Waals surface area (Å²) in [6.07, 6.45) is 1.47. The Morgan fingerprint density at radius 1 is 1.26 bits per heavy atom. The summed E-state index contributed by atoms with van der Waals surface area (Å²) in [6.45, 7) is 0. The minimum Gasteiger partial charge on any atom is -0.363 e. The molecule has 2 rings (SSSR count). The van der Waals surface area contributed by atoms with Crippen LogP contribution in [0.3, 0.4) is 0 Å². The molecule has 8 heteroatoms. The second-order valence-corrected chi connectivity index (χ2v) is 7.59. The number of aromatic nitrogens is 1. The van der Waals surface area contributed by atoms with Crippen molar-refractivity contribution >= 4 is 44.5 Å². The van der Waals surface area contributed by atoms with Crippen molar-refractivity contribution in [2.75, 3.05) is 23.7 Å². The molecule has 0 aromatic carbocycles. The lowest BCUT2D eigenvalue weighted by Crippen LogP contribution is -2.13. The van der Waals surface area contributed by atoms with Crippen LogP contribution in [0.2, 0.25) is 4.34 Å². The van der Waals surface area contributed by atoms with Crippen LogP contribution in [0.25, 0.3) is 0 Å². The van der Waals surface area contributed by atoms with E-state index in [0.717, 1.165) is 17.2 Å². The molecule has 0 amide bonds. The number of halogens is 1. The Kier molecular flexibility index (Phi) is 3.98. The third kappa shape index (κ3) is 3.37. The molecule has 0 spiro atoms. The van der Waals surface area contributed by atoms with Crippen LogP contribution in [0.1, 0.15) is 0 Å². The van der Waals surface area contributed by atoms with Gasteiger partial charge in [0.1, 0.15) is 10.0 Å². The number of thiophene rings is 1. The highest BCUT2D eigenvalue weighted by Crippen LogP contribution is 2.27. The normalized spacial score (nSPS) is 11.3. The highest BCUT2D eigenvalue weighted by Gasteiger charge is 2.16. The predicted octanol–water partition coefficient (Wildman–Crippen LogP) is 2.66. The molecule has 0 fully saturated rings. The number of nitrogens with one attached hydrogen (secondary N) is 1. The quantitative estimate of drug-likeness (QED) is 0.941. The molecule has 5 nitrogen and oxygen atoms in total. The van der Waals surface area contributed by atoms with E-state index >= 15 is 0 Å². The van der Waals surface area contributed by atoms with Gasteiger partial charge in [-0.05, 0) is 24.3 Å². The first-order chi connectivity index (χ1) is 8.88. The molecular weight excluding hydrogens is 306 g/mol. The van der Waals surface area contributed by atoms with Crippen LogP contribution in [0.15, 0.2) is 34.7 Å². The smallest absolute Gasteiger partial charge is 0.271 e. The lowest BCUT2D eigenvalue weighted by atomic mass is 10.4. The fourth-order valence-corrected chi connectivity index (χ4v) is 3.88. The molecule has 0 aliphatic rings. The standard InChI is InChI=1S/C11H12ClN3O2S2/c1-15(2)10-5-3-8(7-13-10)14-19(16,17)11-6-4-9(12)18-11/h3-7,14H,1-2H3. The Morgan fingerprint density at radius 2 is 2.00 bits per heavy atom. The lowest BCUT2D eigenvalue weighted by Gasteiger charge is -2.11. The first-order valence-electron chi connectivity index (χ1n) is 5.30. The maximum Gasteiger partial charge on any atom is 0.271 e. The van der Waals surface area contributed by atoms with Crippen LogP contribution in [0, 0.1) is 0 Å². The number of nitrogens with zero attached hydrogens (tertiary/aromatic N) is 2. The molecule has 0 saturated carbocycles. The maximum atomic E-state index is 12.0. The van der Waals surface area contributed by atoms with E-state index < -0.39 is 10.0 Å². The molecule has 102 valence electrons. The molecule has 0 aliphatic carbocycles. The molecule has 2 heterocycles. The van der Waals surface area contributed by atoms with Crippen molar-refractivity contribution < 1.29 is 8.42 Å². The molecular formula is C11H12ClN3O2S2. The molecule has 1 N–H and O–H groups in total. The first kappa shape index (κ1) is 14.1. The first-order valence-corrected chi connectivity index (χ1v) is 7.98. The van der Waals surface area contributed by atoms with Crippen LogP contribution in [0.5, 0.6) is 0 Å². The minimum absolute atomic E-state index is 0.175. The Labute approximate surface area is 120 Å². The fourth-order valence-electron chi connectivity index (χ4n) is 1.36. The number of rotatable bonds is 4. The summed E-state index contributed by atoms with van der Waals surface area (Å²) < 4.78 is 27.1. The Bertz CT molecular complexity index is 666. The van der Waals surface area contributed by atoms with Crippen molar-refractivity contribution in [3.8, 4) is 0 Å². The molecule has 0 radical (unpaired) electrons. The van der Waals surface area contributed by atoms with Crippen molar-refractivity contribution in [2.24, 2.45) is 0 Å². The minimum atomic E-state index is -3.60. The zero-order chi connectivity index (χ0) is 14.0. The lowest BCUT2D eigenvalue weighted by molar-refractivity contribution is 0.603. The SMILES string of the molecule is CN(C)c1ccc(NS(=O)(=O)c2ccc(Cl)s2)cn1. The van der Waals surface area contributed by atoms with Gasteiger partial charge in [0.15, 0.2) is 0 Å². The van der Waals surface area contributed by atoms with Crippen molar-refractivity contribution in [3.05, 3.63) is 34.8 Å². The van der Waals surface area contributed by atoms with E-state index in [-0.39, 0.29) is 4.21 Å². The summed E-state index contributed by atoms with van der Waals surface area (Å²) in [7, 11) is 0.127. The summed E-state index contributed by atoms with van der Waals surface area (Å²) in [4.78, 5) is 5.97. The largest absolute Gasteiger partial charge is 0.363 e. The van der Waals surface area contributed by atoms with Crippen molar-refractivity contribution in [2.45, 2.75) is 4.21 Å². The van der Waals surface area contributed by atoms with Gasteiger partial charge < -0.3 is 4.90 Å². The zero-order valence-corrected chi connectivity index (χ0v) is 12.7. The van der Waals surface area contributed by atoms with Crippen LogP contribution >= 0.6 is 22.9 Å². The number of anilines is 2. The van der Waals surface area contributed by atoms with E-state index in [9.17, 15) is 8.42 Å². The number of hydrogen-bond donors (Lipinski definition) is 1. The van der Waals surface area contributed by atoms with E-state index in [1.165, 1.54) is 12.3 Å². The Hall–Kier alpha value is -1.31. The van der Waals surface area contributed by atoms with Gasteiger partial charge in [-0.1, -0.05) is 11.6 Å². The van der Waals surface area contributed by atoms with E-state index in [0.29, 0.717) is 10.0 Å². The van der Waals surface area contributed by atoms with Gasteiger partial charge in [-0.3, -0.25) is 4.72 Å². The van der Waals surface area contributed by atoms with Gasteiger partial charge in [-0.15, -0.1) is 11.3 Å². The zero-order valence-electron chi connectivity index (χ0n) is 10.3. The van der Waals surface area contributed by atoms with Gasteiger partial charge in [0, 0.05) is 14.1 Å². The summed E-state index contributed by atoms with van der Waals surface area (Å²) in [5, 5.41) is 0. The average Bonchev–Trinajstić information content (AvgIpc) is 2.77.